The third-order valence-electron chi connectivity index (χ3n) is 5.10. The first-order valence-corrected chi connectivity index (χ1v) is 9.78. The van der Waals surface area contributed by atoms with Gasteiger partial charge < -0.3 is 23.6 Å². The summed E-state index contributed by atoms with van der Waals surface area (Å²) in [4.78, 5) is 26.5. The van der Waals surface area contributed by atoms with Crippen LogP contribution < -0.4 is 14.4 Å². The van der Waals surface area contributed by atoms with Gasteiger partial charge >= 0.3 is 5.97 Å². The Hall–Kier alpha value is -3.81. The van der Waals surface area contributed by atoms with E-state index < -0.39 is 11.9 Å². The van der Waals surface area contributed by atoms with Gasteiger partial charge in [0.05, 0.1) is 20.1 Å². The van der Waals surface area contributed by atoms with Crippen molar-refractivity contribution < 1.29 is 28.3 Å². The molecule has 1 fully saturated rings. The molecular weight excluding hydrogens is 400 g/mol. The van der Waals surface area contributed by atoms with E-state index in [4.69, 9.17) is 18.7 Å². The molecule has 1 saturated heterocycles. The molecule has 8 heteroatoms. The third kappa shape index (κ3) is 4.53. The van der Waals surface area contributed by atoms with Gasteiger partial charge in [-0.25, -0.2) is 0 Å². The highest BCUT2D eigenvalue weighted by atomic mass is 16.5. The SMILES string of the molecule is COc1cccc(-c2cc(COC(=O)C3CC(=O)N(c4cccc(OC)c4)C3)no2)c1. The van der Waals surface area contributed by atoms with Crippen LogP contribution in [-0.4, -0.2) is 37.8 Å². The number of methoxy groups -OCH3 is 2. The molecule has 0 bridgehead atoms. The van der Waals surface area contributed by atoms with Crippen molar-refractivity contribution in [2.24, 2.45) is 5.92 Å². The lowest BCUT2D eigenvalue weighted by molar-refractivity contribution is -0.149. The van der Waals surface area contributed by atoms with Crippen molar-refractivity contribution in [3.05, 3.63) is 60.3 Å². The number of carbonyl (C=O) groups excluding carboxylic acids is 2. The lowest BCUT2D eigenvalue weighted by Gasteiger charge is -2.17. The standard InChI is InChI=1S/C23H22N2O6/c1-28-19-7-3-5-15(9-19)21-11-17(24-31-21)14-30-23(27)16-10-22(26)25(13-16)18-6-4-8-20(12-18)29-2/h3-9,11-12,16H,10,13-14H2,1-2H3. The van der Waals surface area contributed by atoms with Crippen LogP contribution in [0.3, 0.4) is 0 Å². The number of esters is 1. The van der Waals surface area contributed by atoms with Gasteiger partial charge in [0.2, 0.25) is 5.91 Å². The smallest absolute Gasteiger partial charge is 0.311 e. The summed E-state index contributed by atoms with van der Waals surface area (Å²) < 4.78 is 21.2. The molecule has 2 heterocycles. The lowest BCUT2D eigenvalue weighted by atomic mass is 10.1. The van der Waals surface area contributed by atoms with Crippen molar-refractivity contribution in [2.45, 2.75) is 13.0 Å². The summed E-state index contributed by atoms with van der Waals surface area (Å²) in [6, 6.07) is 16.3. The zero-order chi connectivity index (χ0) is 21.8. The minimum atomic E-state index is -0.538. The van der Waals surface area contributed by atoms with E-state index in [1.165, 1.54) is 0 Å². The molecule has 1 aliphatic heterocycles. The zero-order valence-corrected chi connectivity index (χ0v) is 17.2. The predicted molar refractivity (Wildman–Crippen MR) is 112 cm³/mol. The predicted octanol–water partition coefficient (Wildman–Crippen LogP) is 3.46. The fraction of sp³-hybridized carbons (Fsp3) is 0.261. The molecule has 1 atom stereocenters. The minimum absolute atomic E-state index is 0.0316. The van der Waals surface area contributed by atoms with Gasteiger partial charge in [0.15, 0.2) is 5.76 Å². The van der Waals surface area contributed by atoms with Crippen LogP contribution in [0.5, 0.6) is 11.5 Å². The number of benzene rings is 2. The Morgan fingerprint density at radius 1 is 1.10 bits per heavy atom. The number of aromatic nitrogens is 1. The molecule has 2 aromatic carbocycles. The van der Waals surface area contributed by atoms with Gasteiger partial charge in [0.1, 0.15) is 23.8 Å². The van der Waals surface area contributed by atoms with E-state index in [9.17, 15) is 9.59 Å². The average molecular weight is 422 g/mol. The zero-order valence-electron chi connectivity index (χ0n) is 17.2. The molecule has 4 rings (SSSR count). The molecule has 1 aliphatic rings. The quantitative estimate of drug-likeness (QED) is 0.539. The average Bonchev–Trinajstić information content (AvgIpc) is 3.44. The number of amides is 1. The molecule has 0 spiro atoms. The Kier molecular flexibility index (Phi) is 5.88. The lowest BCUT2D eigenvalue weighted by Crippen LogP contribution is -2.26. The number of hydrogen-bond acceptors (Lipinski definition) is 7. The molecule has 0 saturated carbocycles. The first-order valence-electron chi connectivity index (χ1n) is 9.78. The van der Waals surface area contributed by atoms with Crippen LogP contribution in [0, 0.1) is 5.92 Å². The van der Waals surface area contributed by atoms with Gasteiger partial charge in [0, 0.05) is 36.3 Å². The molecule has 1 unspecified atom stereocenters. The van der Waals surface area contributed by atoms with Crippen LogP contribution in [0.4, 0.5) is 5.69 Å². The van der Waals surface area contributed by atoms with Crippen molar-refractivity contribution in [3.8, 4) is 22.8 Å². The molecule has 1 amide bonds. The van der Waals surface area contributed by atoms with Gasteiger partial charge in [-0.3, -0.25) is 9.59 Å². The number of carbonyl (C=O) groups is 2. The van der Waals surface area contributed by atoms with E-state index in [-0.39, 0.29) is 25.5 Å². The van der Waals surface area contributed by atoms with E-state index in [2.05, 4.69) is 5.16 Å². The molecule has 3 aromatic rings. The summed E-state index contributed by atoms with van der Waals surface area (Å²) in [5.41, 5.74) is 1.99. The van der Waals surface area contributed by atoms with E-state index in [1.54, 1.807) is 43.4 Å². The Balaban J connectivity index is 1.36. The van der Waals surface area contributed by atoms with Crippen molar-refractivity contribution in [1.82, 2.24) is 5.16 Å². The van der Waals surface area contributed by atoms with Crippen LogP contribution >= 0.6 is 0 Å². The molecule has 31 heavy (non-hydrogen) atoms. The van der Waals surface area contributed by atoms with Crippen molar-refractivity contribution in [3.63, 3.8) is 0 Å². The largest absolute Gasteiger partial charge is 0.497 e. The second-order valence-corrected chi connectivity index (χ2v) is 7.13. The molecular formula is C23H22N2O6. The summed E-state index contributed by atoms with van der Waals surface area (Å²) >= 11 is 0. The molecule has 0 radical (unpaired) electrons. The van der Waals surface area contributed by atoms with Gasteiger partial charge in [0.25, 0.3) is 0 Å². The molecule has 0 N–H and O–H groups in total. The van der Waals surface area contributed by atoms with E-state index in [1.807, 2.05) is 30.3 Å². The second kappa shape index (κ2) is 8.91. The molecule has 8 nitrogen and oxygen atoms in total. The topological polar surface area (TPSA) is 91.1 Å². The Bertz CT molecular complexity index is 1090. The first kappa shape index (κ1) is 20.5. The minimum Gasteiger partial charge on any atom is -0.497 e. The highest BCUT2D eigenvalue weighted by Crippen LogP contribution is 2.29. The maximum atomic E-state index is 12.5. The van der Waals surface area contributed by atoms with Crippen LogP contribution in [-0.2, 0) is 20.9 Å². The highest BCUT2D eigenvalue weighted by molar-refractivity contribution is 5.99. The van der Waals surface area contributed by atoms with E-state index in [0.29, 0.717) is 28.6 Å². The van der Waals surface area contributed by atoms with Gasteiger partial charge in [-0.05, 0) is 24.3 Å². The highest BCUT2D eigenvalue weighted by Gasteiger charge is 2.36. The fourth-order valence-electron chi connectivity index (χ4n) is 3.45. The Labute approximate surface area is 179 Å². The molecule has 1 aromatic heterocycles. The fourth-order valence-corrected chi connectivity index (χ4v) is 3.45. The molecule has 0 aliphatic carbocycles. The Morgan fingerprint density at radius 3 is 2.61 bits per heavy atom. The maximum absolute atomic E-state index is 12.5. The van der Waals surface area contributed by atoms with Crippen LogP contribution in [0.25, 0.3) is 11.3 Å². The second-order valence-electron chi connectivity index (χ2n) is 7.13. The normalized spacial score (nSPS) is 15.7. The maximum Gasteiger partial charge on any atom is 0.311 e. The van der Waals surface area contributed by atoms with Crippen LogP contribution in [0.1, 0.15) is 12.1 Å². The van der Waals surface area contributed by atoms with Gasteiger partial charge in [-0.2, -0.15) is 0 Å². The summed E-state index contributed by atoms with van der Waals surface area (Å²) in [6.45, 7) is 0.231. The number of hydrogen-bond donors (Lipinski definition) is 0. The summed E-state index contributed by atoms with van der Waals surface area (Å²) in [6.07, 6.45) is 0.101. The number of anilines is 1. The number of nitrogens with zero attached hydrogens (tertiary/aromatic N) is 2. The molecule has 160 valence electrons. The monoisotopic (exact) mass is 422 g/mol. The van der Waals surface area contributed by atoms with Crippen LogP contribution in [0.2, 0.25) is 0 Å². The van der Waals surface area contributed by atoms with Crippen LogP contribution in [0.15, 0.2) is 59.1 Å². The van der Waals surface area contributed by atoms with Crippen molar-refractivity contribution in [2.75, 3.05) is 25.7 Å². The summed E-state index contributed by atoms with van der Waals surface area (Å²) in [5, 5.41) is 3.96. The summed E-state index contributed by atoms with van der Waals surface area (Å²) in [7, 11) is 3.16. The summed E-state index contributed by atoms with van der Waals surface area (Å²) in [5.74, 6) is 0.790. The number of ether oxygens (including phenoxy) is 3. The van der Waals surface area contributed by atoms with E-state index in [0.717, 1.165) is 5.56 Å². The van der Waals surface area contributed by atoms with Gasteiger partial charge in [-0.15, -0.1) is 0 Å². The van der Waals surface area contributed by atoms with Gasteiger partial charge in [-0.1, -0.05) is 23.4 Å². The van der Waals surface area contributed by atoms with Crippen molar-refractivity contribution in [1.29, 1.82) is 0 Å². The Morgan fingerprint density at radius 2 is 1.84 bits per heavy atom. The third-order valence-corrected chi connectivity index (χ3v) is 5.10. The van der Waals surface area contributed by atoms with Crippen molar-refractivity contribution >= 4 is 17.6 Å². The number of rotatable bonds is 7. The van der Waals surface area contributed by atoms with E-state index >= 15 is 0 Å². The first-order chi connectivity index (χ1) is 15.1.